The molecule has 1 aliphatic heterocycles. The zero-order valence-corrected chi connectivity index (χ0v) is 11.4. The second-order valence-corrected chi connectivity index (χ2v) is 5.29. The highest BCUT2D eigenvalue weighted by atomic mass is 16.2. The summed E-state index contributed by atoms with van der Waals surface area (Å²) >= 11 is 0. The monoisotopic (exact) mass is 241 g/mol. The van der Waals surface area contributed by atoms with Crippen molar-refractivity contribution in [1.82, 2.24) is 10.2 Å². The Morgan fingerprint density at radius 3 is 2.82 bits per heavy atom. The van der Waals surface area contributed by atoms with Gasteiger partial charge in [-0.3, -0.25) is 4.79 Å². The zero-order chi connectivity index (χ0) is 12.8. The van der Waals surface area contributed by atoms with Gasteiger partial charge in [0.2, 0.25) is 5.91 Å². The Labute approximate surface area is 105 Å². The number of likely N-dealkylation sites (N-methyl/N-ethyl adjacent to an activating group) is 1. The molecule has 0 radical (unpaired) electrons. The highest BCUT2D eigenvalue weighted by Gasteiger charge is 2.22. The van der Waals surface area contributed by atoms with Crippen LogP contribution in [0.25, 0.3) is 0 Å². The third-order valence-corrected chi connectivity index (χ3v) is 3.99. The fourth-order valence-corrected chi connectivity index (χ4v) is 2.25. The molecule has 1 unspecified atom stereocenters. The van der Waals surface area contributed by atoms with Crippen LogP contribution >= 0.6 is 0 Å². The minimum Gasteiger partial charge on any atom is -0.353 e. The van der Waals surface area contributed by atoms with E-state index in [4.69, 9.17) is 5.73 Å². The van der Waals surface area contributed by atoms with Crippen LogP contribution in [0.15, 0.2) is 0 Å². The van der Waals surface area contributed by atoms with Gasteiger partial charge in [-0.25, -0.2) is 0 Å². The number of carbonyl (C=O) groups is 1. The maximum Gasteiger partial charge on any atom is 0.237 e. The molecular weight excluding hydrogens is 214 g/mol. The number of nitrogens with two attached hydrogens (primary N) is 1. The molecule has 1 aliphatic rings. The number of amides is 1. The lowest BCUT2D eigenvalue weighted by Crippen LogP contribution is -2.50. The molecule has 4 nitrogen and oxygen atoms in total. The van der Waals surface area contributed by atoms with E-state index in [1.807, 2.05) is 6.92 Å². The second-order valence-electron chi connectivity index (χ2n) is 5.29. The Morgan fingerprint density at radius 1 is 1.53 bits per heavy atom. The summed E-state index contributed by atoms with van der Waals surface area (Å²) in [6.07, 6.45) is 4.66. The third kappa shape index (κ3) is 4.28. The first-order valence-electron chi connectivity index (χ1n) is 6.79. The summed E-state index contributed by atoms with van der Waals surface area (Å²) in [5, 5.41) is 2.99. The summed E-state index contributed by atoms with van der Waals surface area (Å²) in [6, 6.07) is 0.116. The number of piperidine rings is 1. The van der Waals surface area contributed by atoms with Gasteiger partial charge >= 0.3 is 0 Å². The van der Waals surface area contributed by atoms with Gasteiger partial charge in [-0.1, -0.05) is 26.7 Å². The molecule has 3 N–H and O–H groups in total. The Morgan fingerprint density at radius 2 is 2.24 bits per heavy atom. The van der Waals surface area contributed by atoms with E-state index in [1.165, 1.54) is 19.3 Å². The molecule has 0 saturated carbocycles. The van der Waals surface area contributed by atoms with Crippen molar-refractivity contribution in [3.8, 4) is 0 Å². The van der Waals surface area contributed by atoms with Crippen molar-refractivity contribution in [1.29, 1.82) is 0 Å². The fraction of sp³-hybridized carbons (Fsp3) is 0.923. The molecule has 1 saturated heterocycles. The van der Waals surface area contributed by atoms with Crippen LogP contribution in [0, 0.1) is 5.92 Å². The highest BCUT2D eigenvalue weighted by molar-refractivity contribution is 5.81. The van der Waals surface area contributed by atoms with Crippen LogP contribution in [0.3, 0.4) is 0 Å². The number of hydrogen-bond acceptors (Lipinski definition) is 3. The first-order chi connectivity index (χ1) is 8.06. The van der Waals surface area contributed by atoms with Crippen LogP contribution in [0.5, 0.6) is 0 Å². The lowest BCUT2D eigenvalue weighted by Gasteiger charge is -2.33. The number of hydrogen-bond donors (Lipinski definition) is 2. The summed E-state index contributed by atoms with van der Waals surface area (Å²) < 4.78 is 0. The van der Waals surface area contributed by atoms with E-state index in [1.54, 1.807) is 0 Å². The van der Waals surface area contributed by atoms with Crippen molar-refractivity contribution in [3.05, 3.63) is 0 Å². The fourth-order valence-electron chi connectivity index (χ4n) is 2.25. The van der Waals surface area contributed by atoms with Crippen LogP contribution in [0.1, 0.15) is 39.5 Å². The molecule has 17 heavy (non-hydrogen) atoms. The van der Waals surface area contributed by atoms with E-state index in [0.717, 1.165) is 19.5 Å². The van der Waals surface area contributed by atoms with Crippen LogP contribution in [-0.4, -0.2) is 43.0 Å². The molecule has 0 aromatic rings. The molecule has 4 heteroatoms. The van der Waals surface area contributed by atoms with Gasteiger partial charge in [-0.2, -0.15) is 0 Å². The Hall–Kier alpha value is -0.610. The van der Waals surface area contributed by atoms with Crippen LogP contribution in [0.4, 0.5) is 0 Å². The lowest BCUT2D eigenvalue weighted by atomic mass is 9.99. The number of carbonyl (C=O) groups excluding carboxylic acids is 1. The molecule has 0 aliphatic carbocycles. The number of likely N-dealkylation sites (tertiary alicyclic amines) is 1. The highest BCUT2D eigenvalue weighted by Crippen LogP contribution is 2.14. The normalized spacial score (nSPS) is 25.3. The first kappa shape index (κ1) is 14.5. The maximum absolute atomic E-state index is 11.8. The maximum atomic E-state index is 11.8. The van der Waals surface area contributed by atoms with E-state index in [-0.39, 0.29) is 17.9 Å². The van der Waals surface area contributed by atoms with Gasteiger partial charge in [0, 0.05) is 12.6 Å². The smallest absolute Gasteiger partial charge is 0.237 e. The molecule has 1 amide bonds. The van der Waals surface area contributed by atoms with Gasteiger partial charge in [0.15, 0.2) is 0 Å². The molecule has 3 atom stereocenters. The van der Waals surface area contributed by atoms with Gasteiger partial charge in [-0.15, -0.1) is 0 Å². The largest absolute Gasteiger partial charge is 0.353 e. The number of nitrogens with zero attached hydrogens (tertiary/aromatic N) is 1. The van der Waals surface area contributed by atoms with E-state index >= 15 is 0 Å². The predicted molar refractivity (Wildman–Crippen MR) is 70.7 cm³/mol. The molecule has 100 valence electrons. The van der Waals surface area contributed by atoms with Crippen molar-refractivity contribution >= 4 is 5.91 Å². The standard InChI is InChI=1S/C13H27N3O/c1-4-10(2)12(14)13(17)15-9-11-7-5-6-8-16(11)3/h10-12H,4-9,14H2,1-3H3,(H,15,17)/t10-,11?,12-/m0/s1. The predicted octanol–water partition coefficient (Wildman–Crippen LogP) is 0.960. The van der Waals surface area contributed by atoms with E-state index in [9.17, 15) is 4.79 Å². The summed E-state index contributed by atoms with van der Waals surface area (Å²) in [4.78, 5) is 14.2. The van der Waals surface area contributed by atoms with Crippen LogP contribution in [0.2, 0.25) is 0 Å². The van der Waals surface area contributed by atoms with Gasteiger partial charge < -0.3 is 16.0 Å². The molecule has 1 fully saturated rings. The average molecular weight is 241 g/mol. The molecule has 1 rings (SSSR count). The number of rotatable bonds is 5. The summed E-state index contributed by atoms with van der Waals surface area (Å²) in [5.41, 5.74) is 5.90. The Balaban J connectivity index is 2.31. The van der Waals surface area contributed by atoms with Crippen LogP contribution < -0.4 is 11.1 Å². The SMILES string of the molecule is CC[C@H](C)[C@H](N)C(=O)NCC1CCCCN1C. The van der Waals surface area contributed by atoms with Crippen molar-refractivity contribution < 1.29 is 4.79 Å². The summed E-state index contributed by atoms with van der Waals surface area (Å²) in [7, 11) is 2.13. The van der Waals surface area contributed by atoms with Gasteiger partial charge in [-0.05, 0) is 32.4 Å². The second kappa shape index (κ2) is 6.97. The van der Waals surface area contributed by atoms with Crippen molar-refractivity contribution in [2.45, 2.75) is 51.6 Å². The van der Waals surface area contributed by atoms with Gasteiger partial charge in [0.1, 0.15) is 0 Å². The average Bonchev–Trinajstić information content (AvgIpc) is 2.35. The minimum absolute atomic E-state index is 0.00155. The van der Waals surface area contributed by atoms with E-state index < -0.39 is 0 Å². The summed E-state index contributed by atoms with van der Waals surface area (Å²) in [6.45, 7) is 5.96. The third-order valence-electron chi connectivity index (χ3n) is 3.99. The molecule has 0 spiro atoms. The Kier molecular flexibility index (Phi) is 5.92. The molecule has 0 bridgehead atoms. The lowest BCUT2D eigenvalue weighted by molar-refractivity contribution is -0.123. The minimum atomic E-state index is -0.367. The van der Waals surface area contributed by atoms with Crippen molar-refractivity contribution in [2.24, 2.45) is 11.7 Å². The molecular formula is C13H27N3O. The van der Waals surface area contributed by atoms with Crippen molar-refractivity contribution in [3.63, 3.8) is 0 Å². The van der Waals surface area contributed by atoms with Crippen molar-refractivity contribution in [2.75, 3.05) is 20.1 Å². The molecule has 1 heterocycles. The Bertz CT molecular complexity index is 245. The molecule has 0 aromatic carbocycles. The zero-order valence-electron chi connectivity index (χ0n) is 11.4. The molecule has 0 aromatic heterocycles. The number of nitrogens with one attached hydrogen (secondary N) is 1. The topological polar surface area (TPSA) is 58.4 Å². The van der Waals surface area contributed by atoms with Gasteiger partial charge in [0.25, 0.3) is 0 Å². The first-order valence-corrected chi connectivity index (χ1v) is 6.79. The van der Waals surface area contributed by atoms with Crippen LogP contribution in [-0.2, 0) is 4.79 Å². The summed E-state index contributed by atoms with van der Waals surface area (Å²) in [5.74, 6) is 0.248. The van der Waals surface area contributed by atoms with E-state index in [0.29, 0.717) is 6.04 Å². The van der Waals surface area contributed by atoms with Gasteiger partial charge in [0.05, 0.1) is 6.04 Å². The quantitative estimate of drug-likeness (QED) is 0.754. The van der Waals surface area contributed by atoms with E-state index in [2.05, 4.69) is 24.2 Å².